The van der Waals surface area contributed by atoms with E-state index in [9.17, 15) is 0 Å². The van der Waals surface area contributed by atoms with Crippen molar-refractivity contribution in [3.8, 4) is 22.8 Å². The Morgan fingerprint density at radius 2 is 1.25 bits per heavy atom. The third-order valence-electron chi connectivity index (χ3n) is 6.85. The maximum atomic E-state index is 6.32. The Morgan fingerprint density at radius 3 is 2.14 bits per heavy atom. The Hall–Kier alpha value is -5.03. The fourth-order valence-electron chi connectivity index (χ4n) is 5.12. The molecule has 0 fully saturated rings. The molecule has 0 atom stereocenters. The normalized spacial score (nSPS) is 11.9. The van der Waals surface area contributed by atoms with Gasteiger partial charge in [0.1, 0.15) is 17.0 Å². The maximum absolute atomic E-state index is 6.32. The summed E-state index contributed by atoms with van der Waals surface area (Å²) in [6.45, 7) is 0. The van der Waals surface area contributed by atoms with Gasteiger partial charge in [-0.1, -0.05) is 54.6 Å². The highest BCUT2D eigenvalue weighted by atomic mass is 16.3. The second kappa shape index (κ2) is 7.23. The molecular formula is C31H19N3O2. The summed E-state index contributed by atoms with van der Waals surface area (Å²) in [6, 6.07) is 34.9. The fourth-order valence-corrected chi connectivity index (χ4v) is 5.12. The van der Waals surface area contributed by atoms with Gasteiger partial charge in [-0.15, -0.1) is 0 Å². The first kappa shape index (κ1) is 19.3. The first-order valence-corrected chi connectivity index (χ1v) is 11.9. The molecule has 0 amide bonds. The van der Waals surface area contributed by atoms with E-state index >= 15 is 0 Å². The Morgan fingerprint density at radius 1 is 0.528 bits per heavy atom. The van der Waals surface area contributed by atoms with Gasteiger partial charge < -0.3 is 8.83 Å². The lowest BCUT2D eigenvalue weighted by Gasteiger charge is -2.06. The van der Waals surface area contributed by atoms with Crippen LogP contribution in [0.3, 0.4) is 0 Å². The van der Waals surface area contributed by atoms with Crippen LogP contribution in [0.1, 0.15) is 0 Å². The predicted octanol–water partition coefficient (Wildman–Crippen LogP) is 8.13. The lowest BCUT2D eigenvalue weighted by Crippen LogP contribution is -1.96. The molecule has 3 aromatic carbocycles. The number of benzene rings is 3. The molecule has 0 unspecified atom stereocenters. The van der Waals surface area contributed by atoms with Crippen molar-refractivity contribution >= 4 is 44.1 Å². The number of furan rings is 2. The molecule has 8 rings (SSSR count). The summed E-state index contributed by atoms with van der Waals surface area (Å²) in [7, 11) is 0. The van der Waals surface area contributed by atoms with Gasteiger partial charge in [0, 0.05) is 45.2 Å². The topological polar surface area (TPSA) is 49.0 Å². The van der Waals surface area contributed by atoms with E-state index < -0.39 is 0 Å². The van der Waals surface area contributed by atoms with Gasteiger partial charge in [-0.3, -0.25) is 9.13 Å². The quantitative estimate of drug-likeness (QED) is 0.265. The van der Waals surface area contributed by atoms with Gasteiger partial charge in [-0.25, -0.2) is 4.98 Å². The molecule has 0 bridgehead atoms. The summed E-state index contributed by atoms with van der Waals surface area (Å²) in [6.07, 6.45) is 4.08. The van der Waals surface area contributed by atoms with Crippen molar-refractivity contribution in [3.05, 3.63) is 116 Å². The first-order chi connectivity index (χ1) is 17.8. The fraction of sp³-hybridized carbons (Fsp3) is 0. The third kappa shape index (κ3) is 2.74. The summed E-state index contributed by atoms with van der Waals surface area (Å²) in [5.41, 5.74) is 6.39. The first-order valence-electron chi connectivity index (χ1n) is 11.9. The molecule has 8 aromatic rings. The van der Waals surface area contributed by atoms with Crippen LogP contribution in [0.4, 0.5) is 0 Å². The van der Waals surface area contributed by atoms with Crippen molar-refractivity contribution in [3.63, 3.8) is 0 Å². The second-order valence-electron chi connectivity index (χ2n) is 8.94. The van der Waals surface area contributed by atoms with E-state index in [1.54, 1.807) is 0 Å². The van der Waals surface area contributed by atoms with Gasteiger partial charge in [-0.2, -0.15) is 0 Å². The van der Waals surface area contributed by atoms with Gasteiger partial charge in [0.2, 0.25) is 11.4 Å². The van der Waals surface area contributed by atoms with Crippen LogP contribution in [0.2, 0.25) is 0 Å². The van der Waals surface area contributed by atoms with Gasteiger partial charge in [0.15, 0.2) is 0 Å². The van der Waals surface area contributed by atoms with Crippen LogP contribution in [-0.4, -0.2) is 14.1 Å². The van der Waals surface area contributed by atoms with Crippen LogP contribution in [0.25, 0.3) is 66.9 Å². The van der Waals surface area contributed by atoms with Gasteiger partial charge in [0.25, 0.3) is 0 Å². The van der Waals surface area contributed by atoms with Gasteiger partial charge >= 0.3 is 0 Å². The van der Waals surface area contributed by atoms with Crippen LogP contribution >= 0.6 is 0 Å². The zero-order valence-electron chi connectivity index (χ0n) is 19.1. The number of para-hydroxylation sites is 1. The molecule has 0 radical (unpaired) electrons. The van der Waals surface area contributed by atoms with Crippen molar-refractivity contribution in [2.45, 2.75) is 0 Å². The summed E-state index contributed by atoms with van der Waals surface area (Å²) < 4.78 is 16.6. The number of fused-ring (bicyclic) bond motifs is 6. The Bertz CT molecular complexity index is 2050. The number of aromatic nitrogens is 3. The van der Waals surface area contributed by atoms with Crippen molar-refractivity contribution in [2.24, 2.45) is 0 Å². The number of hydrogen-bond acceptors (Lipinski definition) is 3. The summed E-state index contributed by atoms with van der Waals surface area (Å²) >= 11 is 0. The molecule has 0 spiro atoms. The predicted molar refractivity (Wildman–Crippen MR) is 143 cm³/mol. The van der Waals surface area contributed by atoms with E-state index in [1.807, 2.05) is 71.4 Å². The van der Waals surface area contributed by atoms with E-state index in [4.69, 9.17) is 13.8 Å². The maximum Gasteiger partial charge on any atom is 0.213 e. The zero-order chi connectivity index (χ0) is 23.6. The third-order valence-corrected chi connectivity index (χ3v) is 6.85. The molecule has 0 aliphatic carbocycles. The molecule has 0 aliphatic heterocycles. The minimum Gasteiger partial charge on any atom is -0.439 e. The average molecular weight is 466 g/mol. The van der Waals surface area contributed by atoms with E-state index in [1.165, 1.54) is 0 Å². The van der Waals surface area contributed by atoms with E-state index in [0.717, 1.165) is 66.9 Å². The van der Waals surface area contributed by atoms with Crippen LogP contribution in [0.5, 0.6) is 0 Å². The number of rotatable bonds is 3. The van der Waals surface area contributed by atoms with E-state index in [-0.39, 0.29) is 0 Å². The SMILES string of the molecule is c1ccc(-c2cccc(-n3ccc4c5cc(-n6ccc7c8ccccc8oc76)ccc5oc43)n2)cc1. The van der Waals surface area contributed by atoms with E-state index in [2.05, 4.69) is 53.2 Å². The molecule has 0 N–H and O–H groups in total. The van der Waals surface area contributed by atoms with E-state index in [0.29, 0.717) is 0 Å². The molecule has 5 nitrogen and oxygen atoms in total. The molecule has 5 heterocycles. The Balaban J connectivity index is 1.27. The highest BCUT2D eigenvalue weighted by Crippen LogP contribution is 2.35. The van der Waals surface area contributed by atoms with Crippen LogP contribution in [0, 0.1) is 0 Å². The smallest absolute Gasteiger partial charge is 0.213 e. The zero-order valence-corrected chi connectivity index (χ0v) is 19.1. The van der Waals surface area contributed by atoms with Crippen molar-refractivity contribution in [2.75, 3.05) is 0 Å². The van der Waals surface area contributed by atoms with Crippen molar-refractivity contribution in [1.82, 2.24) is 14.1 Å². The highest BCUT2D eigenvalue weighted by molar-refractivity contribution is 6.06. The molecule has 0 saturated heterocycles. The summed E-state index contributed by atoms with van der Waals surface area (Å²) in [5.74, 6) is 0.819. The van der Waals surface area contributed by atoms with Crippen molar-refractivity contribution in [1.29, 1.82) is 0 Å². The largest absolute Gasteiger partial charge is 0.439 e. The standard InChI is InChI=1S/C31H19N3O2/c1-2-7-20(8-3-1)26-10-6-12-29(32-26)34-18-16-24-25-19-21(13-14-28(25)36-31(24)34)33-17-15-23-22-9-4-5-11-27(22)35-30(23)33/h1-19H. The molecule has 5 heteroatoms. The summed E-state index contributed by atoms with van der Waals surface area (Å²) in [4.78, 5) is 4.91. The molecule has 0 saturated carbocycles. The minimum atomic E-state index is 0.779. The number of hydrogen-bond donors (Lipinski definition) is 0. The average Bonchev–Trinajstić information content (AvgIpc) is 3.69. The lowest BCUT2D eigenvalue weighted by molar-refractivity contribution is 0.639. The minimum absolute atomic E-state index is 0.779. The number of nitrogens with zero attached hydrogens (tertiary/aromatic N) is 3. The molecule has 170 valence electrons. The molecule has 0 aliphatic rings. The molecule has 36 heavy (non-hydrogen) atoms. The van der Waals surface area contributed by atoms with Crippen LogP contribution < -0.4 is 0 Å². The summed E-state index contributed by atoms with van der Waals surface area (Å²) in [5, 5.41) is 4.34. The van der Waals surface area contributed by atoms with Gasteiger partial charge in [0.05, 0.1) is 5.69 Å². The monoisotopic (exact) mass is 465 g/mol. The van der Waals surface area contributed by atoms with Crippen LogP contribution in [-0.2, 0) is 0 Å². The highest BCUT2D eigenvalue weighted by Gasteiger charge is 2.16. The molecular weight excluding hydrogens is 446 g/mol. The van der Waals surface area contributed by atoms with Gasteiger partial charge in [-0.05, 0) is 48.5 Å². The number of pyridine rings is 1. The second-order valence-corrected chi connectivity index (χ2v) is 8.94. The Labute approximate surface area is 205 Å². The van der Waals surface area contributed by atoms with Crippen molar-refractivity contribution < 1.29 is 8.83 Å². The molecule has 5 aromatic heterocycles. The van der Waals surface area contributed by atoms with Crippen LogP contribution in [0.15, 0.2) is 124 Å². The lowest BCUT2D eigenvalue weighted by atomic mass is 10.1. The Kier molecular flexibility index (Phi) is 3.88.